The lowest BCUT2D eigenvalue weighted by Gasteiger charge is -2.11. The lowest BCUT2D eigenvalue weighted by molar-refractivity contribution is 0.0698. The quantitative estimate of drug-likeness (QED) is 0.379. The van der Waals surface area contributed by atoms with Gasteiger partial charge in [0.25, 0.3) is 15.9 Å². The fourth-order valence-corrected chi connectivity index (χ4v) is 4.26. The predicted molar refractivity (Wildman–Crippen MR) is 123 cm³/mol. The summed E-state index contributed by atoms with van der Waals surface area (Å²) in [5.41, 5.74) is 0.395. The Balaban J connectivity index is 1.78. The van der Waals surface area contributed by atoms with Crippen molar-refractivity contribution in [1.82, 2.24) is 0 Å². The molecule has 0 aliphatic rings. The smallest absolute Gasteiger partial charge is 0.337 e. The zero-order chi connectivity index (χ0) is 22.8. The summed E-state index contributed by atoms with van der Waals surface area (Å²) in [4.78, 5) is 23.8. The minimum Gasteiger partial charge on any atom is -0.478 e. The van der Waals surface area contributed by atoms with Gasteiger partial charge in [0.05, 0.1) is 31.9 Å². The SMILES string of the molecule is O=C(Nc1ccc(Br)cc1C(=O)O)c1ccc(S(=O)(=O)Nc2ccc(Cl)c(Cl)c2)cc1. The number of anilines is 2. The highest BCUT2D eigenvalue weighted by Crippen LogP contribution is 2.27. The molecule has 3 aromatic rings. The van der Waals surface area contributed by atoms with E-state index < -0.39 is 21.9 Å². The van der Waals surface area contributed by atoms with E-state index in [2.05, 4.69) is 26.0 Å². The van der Waals surface area contributed by atoms with Crippen LogP contribution in [0.25, 0.3) is 0 Å². The molecule has 0 fully saturated rings. The molecule has 3 N–H and O–H groups in total. The van der Waals surface area contributed by atoms with Crippen LogP contribution in [-0.4, -0.2) is 25.4 Å². The summed E-state index contributed by atoms with van der Waals surface area (Å²) in [6.07, 6.45) is 0. The number of sulfonamides is 1. The first-order chi connectivity index (χ1) is 14.6. The van der Waals surface area contributed by atoms with Crippen LogP contribution in [0.4, 0.5) is 11.4 Å². The third-order valence-corrected chi connectivity index (χ3v) is 6.69. The normalized spacial score (nSPS) is 11.1. The topological polar surface area (TPSA) is 113 Å². The second kappa shape index (κ2) is 9.27. The van der Waals surface area contributed by atoms with Crippen molar-refractivity contribution in [1.29, 1.82) is 0 Å². The van der Waals surface area contributed by atoms with E-state index in [-0.39, 0.29) is 37.4 Å². The number of aromatic carboxylic acids is 1. The lowest BCUT2D eigenvalue weighted by Crippen LogP contribution is -2.16. The number of nitrogens with one attached hydrogen (secondary N) is 2. The fourth-order valence-electron chi connectivity index (χ4n) is 2.56. The van der Waals surface area contributed by atoms with E-state index in [9.17, 15) is 23.1 Å². The van der Waals surface area contributed by atoms with Gasteiger partial charge in [0.15, 0.2) is 0 Å². The predicted octanol–water partition coefficient (Wildman–Crippen LogP) is 5.51. The van der Waals surface area contributed by atoms with Gasteiger partial charge in [0, 0.05) is 10.0 Å². The van der Waals surface area contributed by atoms with E-state index in [0.29, 0.717) is 4.47 Å². The molecule has 1 amide bonds. The van der Waals surface area contributed by atoms with Crippen molar-refractivity contribution in [3.05, 3.63) is 86.3 Å². The Labute approximate surface area is 196 Å². The molecule has 0 aliphatic carbocycles. The summed E-state index contributed by atoms with van der Waals surface area (Å²) in [7, 11) is -3.93. The average Bonchev–Trinajstić information content (AvgIpc) is 2.71. The highest BCUT2D eigenvalue weighted by Gasteiger charge is 2.17. The lowest BCUT2D eigenvalue weighted by atomic mass is 10.1. The molecular formula is C20H13BrCl2N2O5S. The molecule has 0 heterocycles. The van der Waals surface area contributed by atoms with Crippen molar-refractivity contribution in [3.63, 3.8) is 0 Å². The number of halogens is 3. The first kappa shape index (κ1) is 23.1. The average molecular weight is 544 g/mol. The molecular weight excluding hydrogens is 531 g/mol. The van der Waals surface area contributed by atoms with Gasteiger partial charge in [-0.25, -0.2) is 13.2 Å². The number of hydrogen-bond donors (Lipinski definition) is 3. The molecule has 3 rings (SSSR count). The van der Waals surface area contributed by atoms with E-state index in [0.717, 1.165) is 0 Å². The summed E-state index contributed by atoms with van der Waals surface area (Å²) in [6, 6.07) is 13.9. The first-order valence-corrected chi connectivity index (χ1v) is 11.5. The molecule has 0 saturated heterocycles. The van der Waals surface area contributed by atoms with Gasteiger partial charge in [0.2, 0.25) is 0 Å². The highest BCUT2D eigenvalue weighted by molar-refractivity contribution is 9.10. The van der Waals surface area contributed by atoms with Crippen LogP contribution < -0.4 is 10.0 Å². The van der Waals surface area contributed by atoms with Crippen LogP contribution in [0.3, 0.4) is 0 Å². The number of rotatable bonds is 6. The van der Waals surface area contributed by atoms with Crippen LogP contribution in [-0.2, 0) is 10.0 Å². The standard InChI is InChI=1S/C20H13BrCl2N2O5S/c21-12-3-8-18(15(9-12)20(27)28)24-19(26)11-1-5-14(6-2-11)31(29,30)25-13-4-7-16(22)17(23)10-13/h1-10,25H,(H,24,26)(H,27,28). The molecule has 0 saturated carbocycles. The summed E-state index contributed by atoms with van der Waals surface area (Å²) in [5.74, 6) is -1.79. The number of carboxylic acids is 1. The molecule has 160 valence electrons. The molecule has 0 aromatic heterocycles. The number of amides is 1. The maximum atomic E-state index is 12.6. The summed E-state index contributed by atoms with van der Waals surface area (Å²) >= 11 is 14.9. The fraction of sp³-hybridized carbons (Fsp3) is 0. The van der Waals surface area contributed by atoms with Crippen molar-refractivity contribution < 1.29 is 23.1 Å². The number of carbonyl (C=O) groups excluding carboxylic acids is 1. The van der Waals surface area contributed by atoms with E-state index in [1.54, 1.807) is 6.07 Å². The van der Waals surface area contributed by atoms with Crippen molar-refractivity contribution >= 4 is 72.4 Å². The van der Waals surface area contributed by atoms with Crippen LogP contribution in [0, 0.1) is 0 Å². The zero-order valence-electron chi connectivity index (χ0n) is 15.4. The largest absolute Gasteiger partial charge is 0.478 e. The van der Waals surface area contributed by atoms with Crippen molar-refractivity contribution in [2.45, 2.75) is 4.90 Å². The molecule has 0 spiro atoms. The summed E-state index contributed by atoms with van der Waals surface area (Å²) < 4.78 is 28.1. The Morgan fingerprint density at radius 3 is 2.19 bits per heavy atom. The van der Waals surface area contributed by atoms with Gasteiger partial charge < -0.3 is 10.4 Å². The Kier molecular flexibility index (Phi) is 6.90. The van der Waals surface area contributed by atoms with E-state index in [1.807, 2.05) is 0 Å². The molecule has 0 atom stereocenters. The Bertz CT molecular complexity index is 1280. The molecule has 31 heavy (non-hydrogen) atoms. The Hall–Kier alpha value is -2.59. The van der Waals surface area contributed by atoms with E-state index >= 15 is 0 Å². The van der Waals surface area contributed by atoms with Crippen LogP contribution in [0.1, 0.15) is 20.7 Å². The van der Waals surface area contributed by atoms with Crippen molar-refractivity contribution in [3.8, 4) is 0 Å². The van der Waals surface area contributed by atoms with Gasteiger partial charge in [-0.3, -0.25) is 9.52 Å². The third kappa shape index (κ3) is 5.56. The van der Waals surface area contributed by atoms with Crippen LogP contribution in [0.15, 0.2) is 70.0 Å². The second-order valence-corrected chi connectivity index (χ2v) is 9.62. The maximum Gasteiger partial charge on any atom is 0.337 e. The third-order valence-electron chi connectivity index (χ3n) is 4.06. The molecule has 11 heteroatoms. The second-order valence-electron chi connectivity index (χ2n) is 6.21. The zero-order valence-corrected chi connectivity index (χ0v) is 19.3. The maximum absolute atomic E-state index is 12.6. The van der Waals surface area contributed by atoms with Crippen LogP contribution in [0.5, 0.6) is 0 Å². The Morgan fingerprint density at radius 2 is 1.58 bits per heavy atom. The van der Waals surface area contributed by atoms with Crippen molar-refractivity contribution in [2.24, 2.45) is 0 Å². The van der Waals surface area contributed by atoms with Crippen LogP contribution >= 0.6 is 39.1 Å². The molecule has 3 aromatic carbocycles. The molecule has 0 unspecified atom stereocenters. The molecule has 7 nitrogen and oxygen atoms in total. The van der Waals surface area contributed by atoms with E-state index in [1.165, 1.54) is 54.6 Å². The van der Waals surface area contributed by atoms with Gasteiger partial charge in [-0.15, -0.1) is 0 Å². The highest BCUT2D eigenvalue weighted by atomic mass is 79.9. The van der Waals surface area contributed by atoms with Crippen LogP contribution in [0.2, 0.25) is 10.0 Å². The van der Waals surface area contributed by atoms with Gasteiger partial charge >= 0.3 is 5.97 Å². The van der Waals surface area contributed by atoms with Gasteiger partial charge in [-0.05, 0) is 60.7 Å². The molecule has 0 aliphatic heterocycles. The Morgan fingerprint density at radius 1 is 0.903 bits per heavy atom. The van der Waals surface area contributed by atoms with Crippen molar-refractivity contribution in [2.75, 3.05) is 10.0 Å². The van der Waals surface area contributed by atoms with Gasteiger partial charge in [-0.1, -0.05) is 39.1 Å². The van der Waals surface area contributed by atoms with E-state index in [4.69, 9.17) is 23.2 Å². The number of benzene rings is 3. The molecule has 0 radical (unpaired) electrons. The number of carboxylic acid groups (broad SMARTS) is 1. The number of carbonyl (C=O) groups is 2. The number of hydrogen-bond acceptors (Lipinski definition) is 4. The van der Waals surface area contributed by atoms with Gasteiger partial charge in [0.1, 0.15) is 0 Å². The van der Waals surface area contributed by atoms with Gasteiger partial charge in [-0.2, -0.15) is 0 Å². The minimum absolute atomic E-state index is 0.0787. The summed E-state index contributed by atoms with van der Waals surface area (Å²) in [6.45, 7) is 0. The summed E-state index contributed by atoms with van der Waals surface area (Å²) in [5, 5.41) is 12.3. The molecule has 0 bridgehead atoms. The minimum atomic E-state index is -3.93. The first-order valence-electron chi connectivity index (χ1n) is 8.49. The monoisotopic (exact) mass is 542 g/mol.